The van der Waals surface area contributed by atoms with Crippen LogP contribution in [0, 0.1) is 12.3 Å². The second-order valence-corrected chi connectivity index (χ2v) is 1.89. The summed E-state index contributed by atoms with van der Waals surface area (Å²) in [6.45, 7) is 0. The average molecular weight is 191 g/mol. The van der Waals surface area contributed by atoms with Crippen LogP contribution in [0.1, 0.15) is 0 Å². The van der Waals surface area contributed by atoms with E-state index in [1.165, 1.54) is 0 Å². The Kier molecular flexibility index (Phi) is 7.77. The predicted molar refractivity (Wildman–Crippen MR) is 44.9 cm³/mol. The zero-order valence-corrected chi connectivity index (χ0v) is 8.18. The molecule has 2 aromatic rings. The molecule has 0 unspecified atom stereocenters. The molecule has 0 aliphatic rings. The van der Waals surface area contributed by atoms with Crippen molar-refractivity contribution in [3.8, 4) is 0 Å². The molecule has 2 heteroatoms. The molecule has 0 saturated carbocycles. The van der Waals surface area contributed by atoms with Crippen LogP contribution in [0.5, 0.6) is 0 Å². The van der Waals surface area contributed by atoms with Crippen LogP contribution < -0.4 is 0 Å². The van der Waals surface area contributed by atoms with Gasteiger partial charge >= 0.3 is 21.7 Å². The van der Waals surface area contributed by atoms with E-state index in [2.05, 4.69) is 17.2 Å². The summed E-state index contributed by atoms with van der Waals surface area (Å²) >= 11 is 0. The largest absolute Gasteiger partial charge is 2.00 e. The molecule has 1 N–H and O–H groups in total. The molecule has 58 valence electrons. The number of hydrogen-bond donors (Lipinski definition) is 1. The molecule has 0 radical (unpaired) electrons. The first-order valence-electron chi connectivity index (χ1n) is 3.40. The van der Waals surface area contributed by atoms with Gasteiger partial charge in [-0.15, -0.1) is 6.20 Å². The number of aromatic amines is 1. The van der Waals surface area contributed by atoms with E-state index in [9.17, 15) is 0 Å². The van der Waals surface area contributed by atoms with Gasteiger partial charge in [0.05, 0.1) is 0 Å². The molecule has 0 saturated heterocycles. The monoisotopic (exact) mass is 191 g/mol. The number of aromatic nitrogens is 1. The number of hydrogen-bond acceptors (Lipinski definition) is 0. The van der Waals surface area contributed by atoms with E-state index in [-0.39, 0.29) is 21.7 Å². The van der Waals surface area contributed by atoms with Crippen molar-refractivity contribution in [2.45, 2.75) is 0 Å². The van der Waals surface area contributed by atoms with Gasteiger partial charge in [-0.1, -0.05) is 0 Å². The van der Waals surface area contributed by atoms with Gasteiger partial charge in [-0.2, -0.15) is 54.7 Å². The Balaban J connectivity index is 0.000000189. The van der Waals surface area contributed by atoms with Gasteiger partial charge in [0, 0.05) is 0 Å². The molecule has 0 spiro atoms. The summed E-state index contributed by atoms with van der Waals surface area (Å²) in [5.74, 6) is 0. The maximum atomic E-state index is 2.89. The van der Waals surface area contributed by atoms with Gasteiger partial charge in [0.25, 0.3) is 0 Å². The van der Waals surface area contributed by atoms with Crippen molar-refractivity contribution in [1.82, 2.24) is 4.98 Å². The van der Waals surface area contributed by atoms with Crippen LogP contribution in [0.2, 0.25) is 0 Å². The van der Waals surface area contributed by atoms with Crippen molar-refractivity contribution in [2.75, 3.05) is 0 Å². The van der Waals surface area contributed by atoms with Crippen molar-refractivity contribution in [1.29, 1.82) is 0 Å². The summed E-state index contributed by atoms with van der Waals surface area (Å²) in [6.07, 6.45) is 4.56. The van der Waals surface area contributed by atoms with Crippen molar-refractivity contribution in [2.24, 2.45) is 0 Å². The molecule has 1 nitrogen and oxygen atoms in total. The molecule has 0 amide bonds. The molecule has 0 bridgehead atoms. The SMILES string of the molecule is [Ti+2].[c-]1ccc[nH]1.[c-]1ccccc1. The molecular weight excluding hydrogens is 182 g/mol. The third kappa shape index (κ3) is 5.96. The molecule has 0 aliphatic heterocycles. The minimum absolute atomic E-state index is 0. The molecule has 0 fully saturated rings. The van der Waals surface area contributed by atoms with Crippen LogP contribution in [0.15, 0.2) is 48.7 Å². The van der Waals surface area contributed by atoms with Crippen LogP contribution in [0.25, 0.3) is 0 Å². The van der Waals surface area contributed by atoms with E-state index < -0.39 is 0 Å². The fourth-order valence-corrected chi connectivity index (χ4v) is 0.582. The summed E-state index contributed by atoms with van der Waals surface area (Å²) in [4.78, 5) is 2.74. The minimum Gasteiger partial charge on any atom is -0.484 e. The molecular formula is C10H9NTi. The van der Waals surface area contributed by atoms with Crippen molar-refractivity contribution < 1.29 is 21.7 Å². The molecule has 0 aliphatic carbocycles. The quantitative estimate of drug-likeness (QED) is 0.485. The van der Waals surface area contributed by atoms with Gasteiger partial charge in [-0.3, -0.25) is 0 Å². The first-order valence-corrected chi connectivity index (χ1v) is 3.40. The Morgan fingerprint density at radius 1 is 0.833 bits per heavy atom. The van der Waals surface area contributed by atoms with Gasteiger partial charge in [-0.05, 0) is 0 Å². The van der Waals surface area contributed by atoms with E-state index in [1.807, 2.05) is 48.7 Å². The summed E-state index contributed by atoms with van der Waals surface area (Å²) < 4.78 is 0. The molecule has 12 heavy (non-hydrogen) atoms. The molecule has 0 atom stereocenters. The molecule has 1 aromatic carbocycles. The number of rotatable bonds is 0. The van der Waals surface area contributed by atoms with Crippen LogP contribution >= 0.6 is 0 Å². The Labute approximate surface area is 87.7 Å². The van der Waals surface area contributed by atoms with Crippen LogP contribution in [-0.4, -0.2) is 4.98 Å². The van der Waals surface area contributed by atoms with E-state index in [4.69, 9.17) is 0 Å². The van der Waals surface area contributed by atoms with Crippen LogP contribution in [-0.2, 0) is 21.7 Å². The van der Waals surface area contributed by atoms with E-state index >= 15 is 0 Å². The zero-order chi connectivity index (χ0) is 7.78. The van der Waals surface area contributed by atoms with E-state index in [0.29, 0.717) is 0 Å². The minimum atomic E-state index is 0. The summed E-state index contributed by atoms with van der Waals surface area (Å²) in [6, 6.07) is 16.2. The van der Waals surface area contributed by atoms with Crippen molar-refractivity contribution in [3.05, 3.63) is 60.9 Å². The van der Waals surface area contributed by atoms with Crippen molar-refractivity contribution >= 4 is 0 Å². The second kappa shape index (κ2) is 8.31. The summed E-state index contributed by atoms with van der Waals surface area (Å²) in [5.41, 5.74) is 0. The van der Waals surface area contributed by atoms with Gasteiger partial charge in [0.15, 0.2) is 0 Å². The predicted octanol–water partition coefficient (Wildman–Crippen LogP) is 2.30. The topological polar surface area (TPSA) is 15.8 Å². The van der Waals surface area contributed by atoms with E-state index in [1.54, 1.807) is 0 Å². The fraction of sp³-hybridized carbons (Fsp3) is 0. The maximum Gasteiger partial charge on any atom is 2.00 e. The van der Waals surface area contributed by atoms with Gasteiger partial charge in [0.2, 0.25) is 0 Å². The molecule has 1 aromatic heterocycles. The Bertz CT molecular complexity index is 196. The van der Waals surface area contributed by atoms with Gasteiger partial charge < -0.3 is 4.98 Å². The fourth-order valence-electron chi connectivity index (χ4n) is 0.582. The number of H-pyrrole nitrogens is 1. The average Bonchev–Trinajstić information content (AvgIpc) is 2.64. The number of benzene rings is 1. The zero-order valence-electron chi connectivity index (χ0n) is 6.62. The normalized spacial score (nSPS) is 7.33. The molecule has 2 rings (SSSR count). The smallest absolute Gasteiger partial charge is 0.484 e. The third-order valence-corrected chi connectivity index (χ3v) is 1.05. The Hall–Kier alpha value is -0.786. The maximum absolute atomic E-state index is 2.89. The summed E-state index contributed by atoms with van der Waals surface area (Å²) in [5, 5.41) is 0. The molecule has 1 heterocycles. The van der Waals surface area contributed by atoms with Crippen LogP contribution in [0.3, 0.4) is 0 Å². The Morgan fingerprint density at radius 2 is 1.58 bits per heavy atom. The van der Waals surface area contributed by atoms with Crippen molar-refractivity contribution in [3.63, 3.8) is 0 Å². The van der Waals surface area contributed by atoms with Gasteiger partial charge in [0.1, 0.15) is 0 Å². The standard InChI is InChI=1S/C6H5.C4H4N.Ti/c1-2-4-6-5-3-1;1-2-4-5-3-1;/h1-5H;1-3,5H;/q2*-1;+2. The number of nitrogens with one attached hydrogen (secondary N) is 1. The Morgan fingerprint density at radius 3 is 1.75 bits per heavy atom. The van der Waals surface area contributed by atoms with Crippen LogP contribution in [0.4, 0.5) is 0 Å². The van der Waals surface area contributed by atoms with Gasteiger partial charge in [-0.25, -0.2) is 0 Å². The first kappa shape index (κ1) is 11.2. The third-order valence-electron chi connectivity index (χ3n) is 1.05. The first-order chi connectivity index (χ1) is 5.50. The van der Waals surface area contributed by atoms with E-state index in [0.717, 1.165) is 0 Å². The second-order valence-electron chi connectivity index (χ2n) is 1.89. The summed E-state index contributed by atoms with van der Waals surface area (Å²) in [7, 11) is 0.